The number of nitrogens with zero attached hydrogens (tertiary/aromatic N) is 2. The predicted molar refractivity (Wildman–Crippen MR) is 88.9 cm³/mol. The van der Waals surface area contributed by atoms with E-state index in [1.54, 1.807) is 0 Å². The number of carbonyl (C=O) groups excluding carboxylic acids is 1. The highest BCUT2D eigenvalue weighted by atomic mass is 19.1. The van der Waals surface area contributed by atoms with Gasteiger partial charge in [0.1, 0.15) is 0 Å². The van der Waals surface area contributed by atoms with Gasteiger partial charge in [0.2, 0.25) is 0 Å². The first-order chi connectivity index (χ1) is 11.7. The molecule has 2 aliphatic rings. The minimum absolute atomic E-state index is 0.124. The first-order valence-corrected chi connectivity index (χ1v) is 8.35. The lowest BCUT2D eigenvalue weighted by atomic mass is 10.1. The van der Waals surface area contributed by atoms with Crippen LogP contribution in [0.25, 0.3) is 0 Å². The summed E-state index contributed by atoms with van der Waals surface area (Å²) in [5.41, 5.74) is 0.537. The number of ether oxygens (including phenoxy) is 2. The van der Waals surface area contributed by atoms with E-state index in [4.69, 9.17) is 9.47 Å². The average molecular weight is 337 g/mol. The first kappa shape index (κ1) is 17.0. The molecule has 1 aromatic rings. The Balaban J connectivity index is 1.51. The highest BCUT2D eigenvalue weighted by Gasteiger charge is 2.28. The van der Waals surface area contributed by atoms with Crippen LogP contribution < -0.4 is 10.1 Å². The second kappa shape index (κ2) is 7.81. The largest absolute Gasteiger partial charge is 0.494 e. The number of rotatable bonds is 4. The molecule has 1 atom stereocenters. The molecule has 1 aromatic carbocycles. The second-order valence-corrected chi connectivity index (χ2v) is 6.29. The molecule has 2 heterocycles. The van der Waals surface area contributed by atoms with Gasteiger partial charge in [0.05, 0.1) is 20.3 Å². The van der Waals surface area contributed by atoms with Crippen LogP contribution in [-0.4, -0.2) is 68.9 Å². The summed E-state index contributed by atoms with van der Waals surface area (Å²) in [5.74, 6) is 0.179. The van der Waals surface area contributed by atoms with Crippen molar-refractivity contribution in [3.8, 4) is 5.75 Å². The second-order valence-electron chi connectivity index (χ2n) is 6.29. The van der Waals surface area contributed by atoms with E-state index in [9.17, 15) is 9.18 Å². The monoisotopic (exact) mass is 337 g/mol. The number of hydrogen-bond donors (Lipinski definition) is 1. The van der Waals surface area contributed by atoms with Crippen molar-refractivity contribution < 1.29 is 18.7 Å². The molecule has 6 nitrogen and oxygen atoms in total. The van der Waals surface area contributed by atoms with E-state index in [2.05, 4.69) is 10.2 Å². The molecule has 3 rings (SSSR count). The van der Waals surface area contributed by atoms with Crippen molar-refractivity contribution in [2.75, 3.05) is 58.4 Å². The van der Waals surface area contributed by atoms with Crippen LogP contribution in [0.5, 0.6) is 5.75 Å². The number of morpholine rings is 1. The summed E-state index contributed by atoms with van der Waals surface area (Å²) in [6.45, 7) is 6.04. The number of hydrogen-bond acceptors (Lipinski definition) is 4. The maximum Gasteiger partial charge on any atom is 0.321 e. The number of nitrogens with one attached hydrogen (secondary N) is 1. The Morgan fingerprint density at radius 3 is 2.92 bits per heavy atom. The fourth-order valence-corrected chi connectivity index (χ4v) is 3.26. The number of methoxy groups -OCH3 is 1. The summed E-state index contributed by atoms with van der Waals surface area (Å²) in [7, 11) is 1.40. The number of likely N-dealkylation sites (tertiary alicyclic amines) is 1. The molecule has 24 heavy (non-hydrogen) atoms. The van der Waals surface area contributed by atoms with Crippen molar-refractivity contribution in [1.82, 2.24) is 9.80 Å². The van der Waals surface area contributed by atoms with Gasteiger partial charge < -0.3 is 19.7 Å². The predicted octanol–water partition coefficient (Wildman–Crippen LogP) is 2.02. The standard InChI is InChI=1S/C17H24FN3O3/c1-23-16-10-14(2-3-15(16)18)19-17(22)21-5-4-13(12-21)11-20-6-8-24-9-7-20/h2-3,10,13H,4-9,11-12H2,1H3,(H,19,22). The number of anilines is 1. The van der Waals surface area contributed by atoms with Crippen molar-refractivity contribution in [2.45, 2.75) is 6.42 Å². The van der Waals surface area contributed by atoms with Crippen LogP contribution in [-0.2, 0) is 4.74 Å². The molecule has 0 bridgehead atoms. The molecule has 0 aliphatic carbocycles. The zero-order valence-electron chi connectivity index (χ0n) is 14.0. The van der Waals surface area contributed by atoms with E-state index >= 15 is 0 Å². The van der Waals surface area contributed by atoms with Gasteiger partial charge in [-0.25, -0.2) is 9.18 Å². The molecule has 7 heteroatoms. The molecule has 0 spiro atoms. The lowest BCUT2D eigenvalue weighted by Gasteiger charge is -2.29. The highest BCUT2D eigenvalue weighted by molar-refractivity contribution is 5.89. The van der Waals surface area contributed by atoms with Crippen LogP contribution in [0.4, 0.5) is 14.9 Å². The summed E-state index contributed by atoms with van der Waals surface area (Å²) in [5, 5.41) is 2.82. The van der Waals surface area contributed by atoms with Crippen LogP contribution >= 0.6 is 0 Å². The van der Waals surface area contributed by atoms with E-state index in [0.29, 0.717) is 11.6 Å². The quantitative estimate of drug-likeness (QED) is 0.913. The Kier molecular flexibility index (Phi) is 5.52. The van der Waals surface area contributed by atoms with Gasteiger partial charge in [-0.2, -0.15) is 0 Å². The summed E-state index contributed by atoms with van der Waals surface area (Å²) in [4.78, 5) is 16.6. The molecule has 132 valence electrons. The molecule has 1 N–H and O–H groups in total. The molecule has 2 fully saturated rings. The molecule has 0 radical (unpaired) electrons. The third kappa shape index (κ3) is 4.15. The van der Waals surface area contributed by atoms with Crippen molar-refractivity contribution in [3.05, 3.63) is 24.0 Å². The Bertz CT molecular complexity index is 578. The van der Waals surface area contributed by atoms with E-state index < -0.39 is 5.82 Å². The molecule has 0 saturated carbocycles. The molecule has 2 amide bonds. The third-order valence-electron chi connectivity index (χ3n) is 4.60. The van der Waals surface area contributed by atoms with Gasteiger partial charge in [0.15, 0.2) is 11.6 Å². The van der Waals surface area contributed by atoms with Crippen LogP contribution in [0, 0.1) is 11.7 Å². The van der Waals surface area contributed by atoms with Gasteiger partial charge in [-0.15, -0.1) is 0 Å². The molecule has 0 aromatic heterocycles. The van der Waals surface area contributed by atoms with Crippen molar-refractivity contribution in [3.63, 3.8) is 0 Å². The summed E-state index contributed by atoms with van der Waals surface area (Å²) in [6.07, 6.45) is 1.01. The van der Waals surface area contributed by atoms with E-state index in [-0.39, 0.29) is 11.8 Å². The minimum atomic E-state index is -0.442. The number of urea groups is 1. The van der Waals surface area contributed by atoms with Gasteiger partial charge in [-0.05, 0) is 24.5 Å². The van der Waals surface area contributed by atoms with Gasteiger partial charge in [0.25, 0.3) is 0 Å². The van der Waals surface area contributed by atoms with E-state index in [1.807, 2.05) is 4.90 Å². The van der Waals surface area contributed by atoms with Gasteiger partial charge in [0, 0.05) is 44.5 Å². The molecule has 2 saturated heterocycles. The zero-order chi connectivity index (χ0) is 16.9. The normalized spacial score (nSPS) is 21.8. The number of halogens is 1. The number of benzene rings is 1. The third-order valence-corrected chi connectivity index (χ3v) is 4.60. The van der Waals surface area contributed by atoms with Crippen LogP contribution in [0.3, 0.4) is 0 Å². The van der Waals surface area contributed by atoms with Crippen LogP contribution in [0.1, 0.15) is 6.42 Å². The highest BCUT2D eigenvalue weighted by Crippen LogP contribution is 2.23. The summed E-state index contributed by atoms with van der Waals surface area (Å²) < 4.78 is 23.7. The smallest absolute Gasteiger partial charge is 0.321 e. The summed E-state index contributed by atoms with van der Waals surface area (Å²) >= 11 is 0. The lowest BCUT2D eigenvalue weighted by molar-refractivity contribution is 0.0314. The van der Waals surface area contributed by atoms with Gasteiger partial charge in [-0.3, -0.25) is 4.90 Å². The molecular weight excluding hydrogens is 313 g/mol. The zero-order valence-corrected chi connectivity index (χ0v) is 14.0. The fraction of sp³-hybridized carbons (Fsp3) is 0.588. The first-order valence-electron chi connectivity index (χ1n) is 8.35. The maximum absolute atomic E-state index is 13.4. The van der Waals surface area contributed by atoms with Crippen molar-refractivity contribution >= 4 is 11.7 Å². The minimum Gasteiger partial charge on any atom is -0.494 e. The Morgan fingerprint density at radius 2 is 2.17 bits per heavy atom. The number of carbonyl (C=O) groups is 1. The Hall–Kier alpha value is -1.86. The topological polar surface area (TPSA) is 54.0 Å². The van der Waals surface area contributed by atoms with E-state index in [0.717, 1.165) is 52.4 Å². The van der Waals surface area contributed by atoms with Crippen LogP contribution in [0.2, 0.25) is 0 Å². The molecular formula is C17H24FN3O3. The Morgan fingerprint density at radius 1 is 1.38 bits per heavy atom. The maximum atomic E-state index is 13.4. The SMILES string of the molecule is COc1cc(NC(=O)N2CCC(CN3CCOCC3)C2)ccc1F. The fourth-order valence-electron chi connectivity index (χ4n) is 3.26. The molecule has 2 aliphatic heterocycles. The van der Waals surface area contributed by atoms with Crippen molar-refractivity contribution in [2.24, 2.45) is 5.92 Å². The summed E-state index contributed by atoms with van der Waals surface area (Å²) in [6, 6.07) is 4.18. The lowest BCUT2D eigenvalue weighted by Crippen LogP contribution is -2.40. The van der Waals surface area contributed by atoms with Crippen molar-refractivity contribution in [1.29, 1.82) is 0 Å². The van der Waals surface area contributed by atoms with Gasteiger partial charge in [-0.1, -0.05) is 0 Å². The molecule has 1 unspecified atom stereocenters. The van der Waals surface area contributed by atoms with Crippen LogP contribution in [0.15, 0.2) is 18.2 Å². The van der Waals surface area contributed by atoms with E-state index in [1.165, 1.54) is 25.3 Å². The Labute approximate surface area is 141 Å². The van der Waals surface area contributed by atoms with Gasteiger partial charge >= 0.3 is 6.03 Å². The average Bonchev–Trinajstić information content (AvgIpc) is 3.06. The number of amides is 2.